The summed E-state index contributed by atoms with van der Waals surface area (Å²) in [6, 6.07) is 4.86. The van der Waals surface area contributed by atoms with Crippen LogP contribution in [-0.2, 0) is 19.6 Å². The molecular formula is C21H30N2O5S. The molecule has 7 nitrogen and oxygen atoms in total. The largest absolute Gasteiger partial charge is 0.492 e. The second-order valence-electron chi connectivity index (χ2n) is 8.30. The number of sulfonamides is 1. The van der Waals surface area contributed by atoms with Crippen LogP contribution >= 0.6 is 0 Å². The molecule has 3 fully saturated rings. The van der Waals surface area contributed by atoms with Gasteiger partial charge in [0.2, 0.25) is 15.9 Å². The minimum Gasteiger partial charge on any atom is -0.492 e. The summed E-state index contributed by atoms with van der Waals surface area (Å²) in [6.07, 6.45) is 5.49. The number of carbonyl (C=O) groups is 1. The molecule has 1 heterocycles. The van der Waals surface area contributed by atoms with Crippen molar-refractivity contribution in [3.63, 3.8) is 0 Å². The van der Waals surface area contributed by atoms with Gasteiger partial charge in [-0.15, -0.1) is 0 Å². The van der Waals surface area contributed by atoms with Crippen molar-refractivity contribution in [3.8, 4) is 5.75 Å². The second-order valence-corrected chi connectivity index (χ2v) is 10.2. The molecule has 2 bridgehead atoms. The average Bonchev–Trinajstić information content (AvgIpc) is 3.33. The Morgan fingerprint density at radius 2 is 2.03 bits per heavy atom. The maximum absolute atomic E-state index is 13.2. The summed E-state index contributed by atoms with van der Waals surface area (Å²) in [4.78, 5) is 12.7. The molecule has 0 aromatic heterocycles. The third-order valence-electron chi connectivity index (χ3n) is 6.45. The van der Waals surface area contributed by atoms with Crippen molar-refractivity contribution in [3.05, 3.63) is 18.2 Å². The van der Waals surface area contributed by atoms with Gasteiger partial charge in [-0.3, -0.25) is 4.79 Å². The number of hydrogen-bond donors (Lipinski definition) is 1. The number of ether oxygens (including phenoxy) is 2. The van der Waals surface area contributed by atoms with Crippen molar-refractivity contribution >= 4 is 21.6 Å². The molecule has 1 N–H and O–H groups in total. The zero-order chi connectivity index (χ0) is 20.4. The number of rotatable bonds is 7. The number of nitrogens with one attached hydrogen (secondary N) is 1. The van der Waals surface area contributed by atoms with Gasteiger partial charge in [-0.2, -0.15) is 4.31 Å². The number of fused-ring (bicyclic) bond motifs is 2. The van der Waals surface area contributed by atoms with E-state index in [1.165, 1.54) is 29.6 Å². The lowest BCUT2D eigenvalue weighted by Gasteiger charge is -2.27. The molecule has 1 aliphatic heterocycles. The standard InChI is InChI=1S/C21H30N2O5S/c1-2-28-19-6-5-18(14-20(19)29(25,26)23-7-9-27-10-8-23)22-21(24)13-17-12-15-3-4-16(17)11-15/h5-6,14-17H,2-4,7-13H2,1H3,(H,22,24)/t15-,16-,17+/m1/s1. The molecule has 0 spiro atoms. The van der Waals surface area contributed by atoms with Crippen LogP contribution in [-0.4, -0.2) is 51.5 Å². The van der Waals surface area contributed by atoms with E-state index < -0.39 is 10.0 Å². The first-order valence-corrected chi connectivity index (χ1v) is 12.1. The third-order valence-corrected chi connectivity index (χ3v) is 8.37. The number of benzene rings is 1. The summed E-state index contributed by atoms with van der Waals surface area (Å²) in [6.45, 7) is 3.56. The van der Waals surface area contributed by atoms with Gasteiger partial charge in [0.25, 0.3) is 0 Å². The Bertz CT molecular complexity index is 851. The van der Waals surface area contributed by atoms with E-state index in [4.69, 9.17) is 9.47 Å². The van der Waals surface area contributed by atoms with E-state index in [-0.39, 0.29) is 10.8 Å². The van der Waals surface area contributed by atoms with Crippen LogP contribution in [0.15, 0.2) is 23.1 Å². The topological polar surface area (TPSA) is 84.9 Å². The first kappa shape index (κ1) is 20.6. The quantitative estimate of drug-likeness (QED) is 0.730. The van der Waals surface area contributed by atoms with Crippen molar-refractivity contribution in [2.75, 3.05) is 38.2 Å². The Morgan fingerprint density at radius 1 is 1.24 bits per heavy atom. The molecule has 0 unspecified atom stereocenters. The van der Waals surface area contributed by atoms with Crippen LogP contribution in [0.4, 0.5) is 5.69 Å². The first-order valence-electron chi connectivity index (χ1n) is 10.6. The number of amides is 1. The van der Waals surface area contributed by atoms with Crippen LogP contribution in [0.2, 0.25) is 0 Å². The fourth-order valence-corrected chi connectivity index (χ4v) is 6.63. The predicted molar refractivity (Wildman–Crippen MR) is 109 cm³/mol. The van der Waals surface area contributed by atoms with Crippen molar-refractivity contribution < 1.29 is 22.7 Å². The number of anilines is 1. The zero-order valence-corrected chi connectivity index (χ0v) is 17.7. The lowest BCUT2D eigenvalue weighted by Crippen LogP contribution is -2.40. The van der Waals surface area contributed by atoms with Crippen LogP contribution in [0.25, 0.3) is 0 Å². The van der Waals surface area contributed by atoms with Crippen LogP contribution < -0.4 is 10.1 Å². The highest BCUT2D eigenvalue weighted by Crippen LogP contribution is 2.49. The Kier molecular flexibility index (Phi) is 6.13. The molecule has 4 rings (SSSR count). The van der Waals surface area contributed by atoms with Crippen molar-refractivity contribution in [1.29, 1.82) is 0 Å². The molecule has 1 aromatic carbocycles. The summed E-state index contributed by atoms with van der Waals surface area (Å²) in [5.74, 6) is 2.22. The van der Waals surface area contributed by atoms with Crippen LogP contribution in [0.3, 0.4) is 0 Å². The van der Waals surface area contributed by atoms with Gasteiger partial charge in [-0.25, -0.2) is 8.42 Å². The van der Waals surface area contributed by atoms with Gasteiger partial charge in [0.05, 0.1) is 19.8 Å². The Balaban J connectivity index is 1.50. The summed E-state index contributed by atoms with van der Waals surface area (Å²) < 4.78 is 38.6. The highest BCUT2D eigenvalue weighted by Gasteiger charge is 2.40. The second kappa shape index (κ2) is 8.62. The molecule has 0 radical (unpaired) electrons. The minimum atomic E-state index is -3.73. The predicted octanol–water partition coefficient (Wildman–Crippen LogP) is 2.87. The van der Waals surface area contributed by atoms with E-state index in [0.29, 0.717) is 62.6 Å². The lowest BCUT2D eigenvalue weighted by atomic mass is 9.86. The summed E-state index contributed by atoms with van der Waals surface area (Å²) >= 11 is 0. The summed E-state index contributed by atoms with van der Waals surface area (Å²) in [5, 5.41) is 2.91. The smallest absolute Gasteiger partial charge is 0.246 e. The van der Waals surface area contributed by atoms with Crippen molar-refractivity contribution in [2.24, 2.45) is 17.8 Å². The van der Waals surface area contributed by atoms with Crippen molar-refractivity contribution in [1.82, 2.24) is 4.31 Å². The van der Waals surface area contributed by atoms with Gasteiger partial charge < -0.3 is 14.8 Å². The van der Waals surface area contributed by atoms with Gasteiger partial charge in [0.1, 0.15) is 10.6 Å². The highest BCUT2D eigenvalue weighted by molar-refractivity contribution is 7.89. The fourth-order valence-electron chi connectivity index (χ4n) is 5.06. The van der Waals surface area contributed by atoms with E-state index in [9.17, 15) is 13.2 Å². The maximum Gasteiger partial charge on any atom is 0.246 e. The Hall–Kier alpha value is -1.64. The molecule has 8 heteroatoms. The number of nitrogens with zero attached hydrogens (tertiary/aromatic N) is 1. The highest BCUT2D eigenvalue weighted by atomic mass is 32.2. The van der Waals surface area contributed by atoms with Crippen LogP contribution in [0.5, 0.6) is 5.75 Å². The molecule has 29 heavy (non-hydrogen) atoms. The summed E-state index contributed by atoms with van der Waals surface area (Å²) in [5.41, 5.74) is 0.494. The summed E-state index contributed by atoms with van der Waals surface area (Å²) in [7, 11) is -3.73. The molecule has 3 aliphatic rings. The van der Waals surface area contributed by atoms with E-state index in [2.05, 4.69) is 5.32 Å². The van der Waals surface area contributed by atoms with Crippen LogP contribution in [0, 0.1) is 17.8 Å². The SMILES string of the molecule is CCOc1ccc(NC(=O)C[C@@H]2C[C@@H]3CC[C@@H]2C3)cc1S(=O)(=O)N1CCOCC1. The molecule has 3 atom stereocenters. The van der Waals surface area contributed by atoms with Gasteiger partial charge in [0.15, 0.2) is 0 Å². The molecule has 1 saturated heterocycles. The monoisotopic (exact) mass is 422 g/mol. The van der Waals surface area contributed by atoms with E-state index in [0.717, 1.165) is 12.3 Å². The lowest BCUT2D eigenvalue weighted by molar-refractivity contribution is -0.117. The molecule has 160 valence electrons. The fraction of sp³-hybridized carbons (Fsp3) is 0.667. The average molecular weight is 423 g/mol. The molecule has 1 aromatic rings. The van der Waals surface area contributed by atoms with E-state index in [1.807, 2.05) is 6.92 Å². The third kappa shape index (κ3) is 4.44. The van der Waals surface area contributed by atoms with E-state index >= 15 is 0 Å². The molecule has 1 amide bonds. The molecule has 2 aliphatic carbocycles. The number of carbonyl (C=O) groups excluding carboxylic acids is 1. The van der Waals surface area contributed by atoms with Gasteiger partial charge >= 0.3 is 0 Å². The first-order chi connectivity index (χ1) is 14.0. The van der Waals surface area contributed by atoms with Crippen molar-refractivity contribution in [2.45, 2.75) is 43.9 Å². The Labute approximate surface area is 172 Å². The molecular weight excluding hydrogens is 392 g/mol. The maximum atomic E-state index is 13.2. The minimum absolute atomic E-state index is 0.0403. The van der Waals surface area contributed by atoms with E-state index in [1.54, 1.807) is 12.1 Å². The molecule has 2 saturated carbocycles. The number of hydrogen-bond acceptors (Lipinski definition) is 5. The zero-order valence-electron chi connectivity index (χ0n) is 16.9. The normalized spacial score (nSPS) is 27.1. The van der Waals surface area contributed by atoms with Crippen LogP contribution in [0.1, 0.15) is 39.0 Å². The van der Waals surface area contributed by atoms with Gasteiger partial charge in [0, 0.05) is 25.2 Å². The Morgan fingerprint density at radius 3 is 2.69 bits per heavy atom. The van der Waals surface area contributed by atoms with Gasteiger partial charge in [-0.05, 0) is 62.1 Å². The number of morpholine rings is 1. The van der Waals surface area contributed by atoms with Gasteiger partial charge in [-0.1, -0.05) is 6.42 Å².